The summed E-state index contributed by atoms with van der Waals surface area (Å²) in [6.45, 7) is 11.3. The minimum absolute atomic E-state index is 0.240. The number of piperidine rings is 1. The third-order valence-corrected chi connectivity index (χ3v) is 3.16. The van der Waals surface area contributed by atoms with Gasteiger partial charge in [-0.05, 0) is 47.0 Å². The molecule has 0 amide bonds. The first kappa shape index (κ1) is 11.4. The van der Waals surface area contributed by atoms with Crippen LogP contribution in [0.25, 0.3) is 0 Å². The van der Waals surface area contributed by atoms with Crippen molar-refractivity contribution in [2.45, 2.75) is 71.4 Å². The molecule has 0 aliphatic carbocycles. The van der Waals surface area contributed by atoms with E-state index in [0.29, 0.717) is 0 Å². The van der Waals surface area contributed by atoms with Gasteiger partial charge in [-0.15, -0.1) is 0 Å². The highest BCUT2D eigenvalue weighted by atomic mass is 15.2. The van der Waals surface area contributed by atoms with Crippen LogP contribution in [0.1, 0.15) is 60.3 Å². The van der Waals surface area contributed by atoms with Gasteiger partial charge < -0.3 is 4.90 Å². The first-order chi connectivity index (χ1) is 6.40. The van der Waals surface area contributed by atoms with Crippen LogP contribution in [-0.2, 0) is 0 Å². The molecule has 0 radical (unpaired) electrons. The maximum atomic E-state index is 3.34. The van der Waals surface area contributed by atoms with Gasteiger partial charge in [0.15, 0.2) is 0 Å². The molecule has 80 valence electrons. The number of nitrogens with zero attached hydrogens (tertiary/aromatic N) is 1. The smallest absolute Gasteiger partial charge is 0.0430 e. The van der Waals surface area contributed by atoms with Crippen LogP contribution in [0.15, 0.2) is 0 Å². The predicted octanol–water partition coefficient (Wildman–Crippen LogP) is 3.40. The van der Waals surface area contributed by atoms with Gasteiger partial charge in [0.25, 0.3) is 0 Å². The Balaban J connectivity index is 2.91. The first-order valence-corrected chi connectivity index (χ1v) is 5.69. The van der Waals surface area contributed by atoms with Gasteiger partial charge in [0.05, 0.1) is 0 Å². The van der Waals surface area contributed by atoms with E-state index in [2.05, 4.69) is 51.5 Å². The highest BCUT2D eigenvalue weighted by Crippen LogP contribution is 2.37. The summed E-state index contributed by atoms with van der Waals surface area (Å²) in [6, 6.07) is 3.34. The lowest BCUT2D eigenvalue weighted by molar-refractivity contribution is 0.0299. The molecule has 0 saturated carbocycles. The molecule has 1 fully saturated rings. The molecule has 0 N–H and O–H groups in total. The maximum Gasteiger partial charge on any atom is 0.0430 e. The Morgan fingerprint density at radius 3 is 2.00 bits per heavy atom. The van der Waals surface area contributed by atoms with Crippen molar-refractivity contribution in [3.05, 3.63) is 0 Å². The minimum Gasteiger partial charge on any atom is -0.322 e. The summed E-state index contributed by atoms with van der Waals surface area (Å²) in [5.74, 6) is 3.21. The van der Waals surface area contributed by atoms with Crippen LogP contribution in [0, 0.1) is 12.0 Å². The Morgan fingerprint density at radius 2 is 1.57 bits per heavy atom. The summed E-state index contributed by atoms with van der Waals surface area (Å²) in [4.78, 5) is 2.37. The fraction of sp³-hybridized carbons (Fsp3) is 0.846. The molecular weight excluding hydrogens is 170 g/mol. The average Bonchev–Trinajstić information content (AvgIpc) is 2.01. The van der Waals surface area contributed by atoms with Crippen LogP contribution in [0.5, 0.6) is 0 Å². The molecule has 0 aromatic heterocycles. The summed E-state index contributed by atoms with van der Waals surface area (Å²) in [7, 11) is 0. The fourth-order valence-electron chi connectivity index (χ4n) is 2.46. The van der Waals surface area contributed by atoms with E-state index in [1.807, 2.05) is 0 Å². The van der Waals surface area contributed by atoms with Gasteiger partial charge in [0.1, 0.15) is 0 Å². The number of hydrogen-bond acceptors (Lipinski definition) is 1. The van der Waals surface area contributed by atoms with E-state index in [9.17, 15) is 0 Å². The lowest BCUT2D eigenvalue weighted by atomic mass is 9.80. The van der Waals surface area contributed by atoms with E-state index < -0.39 is 0 Å². The SMILES string of the molecule is CCC#CN1C(C)(C)CCCC1(C)C. The van der Waals surface area contributed by atoms with E-state index >= 15 is 0 Å². The molecule has 0 unspecified atom stereocenters. The standard InChI is InChI=1S/C13H23N/c1-6-7-11-14-12(2,3)9-8-10-13(14,4)5/h6,8-10H2,1-5H3. The van der Waals surface area contributed by atoms with Crippen molar-refractivity contribution in [2.24, 2.45) is 0 Å². The number of likely N-dealkylation sites (tertiary alicyclic amines) is 1. The summed E-state index contributed by atoms with van der Waals surface area (Å²) in [5, 5.41) is 0. The van der Waals surface area contributed by atoms with E-state index in [4.69, 9.17) is 0 Å². The summed E-state index contributed by atoms with van der Waals surface area (Å²) >= 11 is 0. The Bertz CT molecular complexity index is 236. The van der Waals surface area contributed by atoms with Gasteiger partial charge in [0.2, 0.25) is 0 Å². The van der Waals surface area contributed by atoms with E-state index in [1.54, 1.807) is 0 Å². The topological polar surface area (TPSA) is 3.24 Å². The minimum atomic E-state index is 0.240. The summed E-state index contributed by atoms with van der Waals surface area (Å²) < 4.78 is 0. The molecule has 1 heteroatoms. The van der Waals surface area contributed by atoms with E-state index in [-0.39, 0.29) is 11.1 Å². The molecule has 1 aliphatic rings. The molecule has 0 aromatic rings. The Labute approximate surface area is 88.9 Å². The van der Waals surface area contributed by atoms with Crippen molar-refractivity contribution in [3.8, 4) is 12.0 Å². The van der Waals surface area contributed by atoms with Gasteiger partial charge in [-0.25, -0.2) is 0 Å². The van der Waals surface area contributed by atoms with E-state index in [1.165, 1.54) is 19.3 Å². The highest BCUT2D eigenvalue weighted by molar-refractivity contribution is 5.10. The zero-order valence-electron chi connectivity index (χ0n) is 10.3. The summed E-state index contributed by atoms with van der Waals surface area (Å²) in [5.41, 5.74) is 0.480. The fourth-order valence-corrected chi connectivity index (χ4v) is 2.46. The Kier molecular flexibility index (Phi) is 3.14. The zero-order valence-corrected chi connectivity index (χ0v) is 10.3. The number of rotatable bonds is 0. The van der Waals surface area contributed by atoms with Gasteiger partial charge in [0, 0.05) is 23.5 Å². The van der Waals surface area contributed by atoms with Crippen LogP contribution < -0.4 is 0 Å². The largest absolute Gasteiger partial charge is 0.322 e. The second kappa shape index (κ2) is 3.85. The van der Waals surface area contributed by atoms with Crippen LogP contribution >= 0.6 is 0 Å². The molecule has 1 rings (SSSR count). The van der Waals surface area contributed by atoms with Crippen LogP contribution in [0.2, 0.25) is 0 Å². The second-order valence-electron chi connectivity index (χ2n) is 5.46. The Hall–Kier alpha value is -0.640. The van der Waals surface area contributed by atoms with Crippen molar-refractivity contribution >= 4 is 0 Å². The molecule has 1 heterocycles. The normalized spacial score (nSPS) is 23.9. The molecule has 0 atom stereocenters. The van der Waals surface area contributed by atoms with Gasteiger partial charge >= 0.3 is 0 Å². The van der Waals surface area contributed by atoms with Crippen molar-refractivity contribution in [1.82, 2.24) is 4.90 Å². The Morgan fingerprint density at radius 1 is 1.07 bits per heavy atom. The number of hydrogen-bond donors (Lipinski definition) is 0. The maximum absolute atomic E-state index is 3.34. The van der Waals surface area contributed by atoms with Gasteiger partial charge in [-0.2, -0.15) is 0 Å². The second-order valence-corrected chi connectivity index (χ2v) is 5.46. The lowest BCUT2D eigenvalue weighted by Crippen LogP contribution is -2.55. The third-order valence-electron chi connectivity index (χ3n) is 3.16. The summed E-state index contributed by atoms with van der Waals surface area (Å²) in [6.07, 6.45) is 4.79. The van der Waals surface area contributed by atoms with Crippen molar-refractivity contribution in [2.75, 3.05) is 0 Å². The van der Waals surface area contributed by atoms with Crippen molar-refractivity contribution in [3.63, 3.8) is 0 Å². The molecule has 0 spiro atoms. The van der Waals surface area contributed by atoms with E-state index in [0.717, 1.165) is 6.42 Å². The van der Waals surface area contributed by atoms with Crippen molar-refractivity contribution < 1.29 is 0 Å². The van der Waals surface area contributed by atoms with Crippen LogP contribution in [0.4, 0.5) is 0 Å². The molecule has 1 saturated heterocycles. The van der Waals surface area contributed by atoms with Crippen molar-refractivity contribution in [1.29, 1.82) is 0 Å². The molecule has 1 aliphatic heterocycles. The van der Waals surface area contributed by atoms with Gasteiger partial charge in [-0.1, -0.05) is 12.8 Å². The van der Waals surface area contributed by atoms with Crippen LogP contribution in [0.3, 0.4) is 0 Å². The quantitative estimate of drug-likeness (QED) is 0.533. The molecule has 1 nitrogen and oxygen atoms in total. The monoisotopic (exact) mass is 193 g/mol. The predicted molar refractivity (Wildman–Crippen MR) is 61.9 cm³/mol. The van der Waals surface area contributed by atoms with Gasteiger partial charge in [-0.3, -0.25) is 0 Å². The zero-order chi connectivity index (χ0) is 10.8. The lowest BCUT2D eigenvalue weighted by Gasteiger charge is -2.51. The molecule has 0 bridgehead atoms. The third kappa shape index (κ3) is 2.23. The first-order valence-electron chi connectivity index (χ1n) is 5.69. The highest BCUT2D eigenvalue weighted by Gasteiger charge is 2.39. The molecule has 0 aromatic carbocycles. The molecule has 14 heavy (non-hydrogen) atoms. The van der Waals surface area contributed by atoms with Crippen LogP contribution in [-0.4, -0.2) is 16.0 Å². The molecular formula is C13H23N. The average molecular weight is 193 g/mol.